The van der Waals surface area contributed by atoms with Crippen LogP contribution in [0.1, 0.15) is 49.7 Å². The van der Waals surface area contributed by atoms with Gasteiger partial charge in [0.1, 0.15) is 11.6 Å². The van der Waals surface area contributed by atoms with Gasteiger partial charge in [0.15, 0.2) is 0 Å². The highest BCUT2D eigenvalue weighted by atomic mass is 32.2. The summed E-state index contributed by atoms with van der Waals surface area (Å²) in [5, 5.41) is 2.98. The monoisotopic (exact) mass is 403 g/mol. The Balaban J connectivity index is 1.64. The van der Waals surface area contributed by atoms with Gasteiger partial charge >= 0.3 is 0 Å². The minimum absolute atomic E-state index is 0.00244. The first kappa shape index (κ1) is 20.7. The van der Waals surface area contributed by atoms with Crippen LogP contribution in [0, 0.1) is 5.82 Å². The quantitative estimate of drug-likeness (QED) is 0.676. The van der Waals surface area contributed by atoms with Gasteiger partial charge in [-0.3, -0.25) is 4.79 Å². The fourth-order valence-electron chi connectivity index (χ4n) is 3.23. The van der Waals surface area contributed by atoms with Crippen molar-refractivity contribution in [2.24, 2.45) is 0 Å². The molecule has 0 aliphatic carbocycles. The Hall–Kier alpha value is -2.05. The van der Waals surface area contributed by atoms with Crippen LogP contribution in [0.15, 0.2) is 42.5 Å². The van der Waals surface area contributed by atoms with Gasteiger partial charge in [0.2, 0.25) is 12.2 Å². The highest BCUT2D eigenvalue weighted by Crippen LogP contribution is 2.37. The maximum Gasteiger partial charge on any atom is 0.230 e. The van der Waals surface area contributed by atoms with Crippen LogP contribution in [0.2, 0.25) is 0 Å². The van der Waals surface area contributed by atoms with Crippen molar-refractivity contribution in [3.8, 4) is 5.75 Å². The maximum atomic E-state index is 14.0. The van der Waals surface area contributed by atoms with E-state index in [1.165, 1.54) is 23.9 Å². The number of amides is 1. The topological polar surface area (TPSA) is 47.6 Å². The molecule has 1 aliphatic rings. The van der Waals surface area contributed by atoms with Crippen LogP contribution >= 0.6 is 11.8 Å². The zero-order chi connectivity index (χ0) is 19.9. The summed E-state index contributed by atoms with van der Waals surface area (Å²) in [5.41, 5.74) is 2.36. The van der Waals surface area contributed by atoms with Gasteiger partial charge in [0.25, 0.3) is 0 Å². The molecular weight excluding hydrogens is 377 g/mol. The third-order valence-electron chi connectivity index (χ3n) is 4.51. The number of nitrogens with one attached hydrogen (secondary N) is 1. The molecule has 1 amide bonds. The van der Waals surface area contributed by atoms with Crippen LogP contribution in [0.4, 0.5) is 4.39 Å². The van der Waals surface area contributed by atoms with E-state index in [4.69, 9.17) is 9.47 Å². The average molecular weight is 404 g/mol. The Morgan fingerprint density at radius 2 is 2.11 bits per heavy atom. The van der Waals surface area contributed by atoms with E-state index < -0.39 is 6.29 Å². The second-order valence-electron chi connectivity index (χ2n) is 6.97. The van der Waals surface area contributed by atoms with Gasteiger partial charge in [0.05, 0.1) is 12.4 Å². The summed E-state index contributed by atoms with van der Waals surface area (Å²) in [6, 6.07) is 12.8. The molecule has 0 unspecified atom stereocenters. The first-order valence-electron chi connectivity index (χ1n) is 9.58. The molecule has 0 saturated heterocycles. The van der Waals surface area contributed by atoms with Gasteiger partial charge in [-0.2, -0.15) is 0 Å². The van der Waals surface area contributed by atoms with Gasteiger partial charge < -0.3 is 14.8 Å². The molecule has 0 saturated carbocycles. The first-order chi connectivity index (χ1) is 13.6. The maximum absolute atomic E-state index is 14.0. The Labute approximate surface area is 169 Å². The standard InChI is InChI=1S/C22H26FNO3S/c1-3-7-15(2)24-20(25)14-28-13-18-11-19(23)10-17-12-26-22(27-21(17)18)16-8-5-4-6-9-16/h4-6,8-11,15,22H,3,7,12-14H2,1-2H3,(H,24,25)/t15-,22+/m0/s1. The number of carbonyl (C=O) groups is 1. The summed E-state index contributed by atoms with van der Waals surface area (Å²) in [4.78, 5) is 12.1. The van der Waals surface area contributed by atoms with Gasteiger partial charge in [-0.15, -0.1) is 11.8 Å². The Kier molecular flexibility index (Phi) is 7.34. The van der Waals surface area contributed by atoms with Crippen molar-refractivity contribution in [3.63, 3.8) is 0 Å². The molecule has 3 rings (SSSR count). The summed E-state index contributed by atoms with van der Waals surface area (Å²) in [5.74, 6) is 1.17. The average Bonchev–Trinajstić information content (AvgIpc) is 2.68. The van der Waals surface area contributed by atoms with Gasteiger partial charge in [-0.1, -0.05) is 43.7 Å². The Bertz CT molecular complexity index is 800. The predicted octanol–water partition coefficient (Wildman–Crippen LogP) is 4.97. The molecule has 1 N–H and O–H groups in total. The van der Waals surface area contributed by atoms with Crippen molar-refractivity contribution in [2.45, 2.75) is 51.4 Å². The van der Waals surface area contributed by atoms with E-state index in [0.717, 1.165) is 24.0 Å². The predicted molar refractivity (Wildman–Crippen MR) is 110 cm³/mol. The van der Waals surface area contributed by atoms with Crippen molar-refractivity contribution in [1.29, 1.82) is 0 Å². The summed E-state index contributed by atoms with van der Waals surface area (Å²) in [6.45, 7) is 4.39. The Morgan fingerprint density at radius 3 is 2.86 bits per heavy atom. The molecule has 4 nitrogen and oxygen atoms in total. The molecule has 6 heteroatoms. The van der Waals surface area contributed by atoms with Crippen molar-refractivity contribution in [2.75, 3.05) is 5.75 Å². The molecule has 1 heterocycles. The number of hydrogen-bond donors (Lipinski definition) is 1. The van der Waals surface area contributed by atoms with Crippen molar-refractivity contribution < 1.29 is 18.7 Å². The smallest absolute Gasteiger partial charge is 0.230 e. The van der Waals surface area contributed by atoms with E-state index in [9.17, 15) is 9.18 Å². The molecule has 0 bridgehead atoms. The lowest BCUT2D eigenvalue weighted by Crippen LogP contribution is -2.33. The number of hydrogen-bond acceptors (Lipinski definition) is 4. The van der Waals surface area contributed by atoms with E-state index >= 15 is 0 Å². The zero-order valence-corrected chi connectivity index (χ0v) is 17.1. The highest BCUT2D eigenvalue weighted by molar-refractivity contribution is 7.99. The molecule has 0 fully saturated rings. The third-order valence-corrected chi connectivity index (χ3v) is 5.50. The molecule has 28 heavy (non-hydrogen) atoms. The van der Waals surface area contributed by atoms with E-state index in [-0.39, 0.29) is 17.8 Å². The largest absolute Gasteiger partial charge is 0.460 e. The number of halogens is 1. The van der Waals surface area contributed by atoms with Crippen molar-refractivity contribution in [1.82, 2.24) is 5.32 Å². The highest BCUT2D eigenvalue weighted by Gasteiger charge is 2.25. The van der Waals surface area contributed by atoms with E-state index in [1.54, 1.807) is 0 Å². The molecule has 0 aromatic heterocycles. The number of rotatable bonds is 8. The van der Waals surface area contributed by atoms with Crippen LogP contribution in [0.25, 0.3) is 0 Å². The summed E-state index contributed by atoms with van der Waals surface area (Å²) >= 11 is 1.45. The van der Waals surface area contributed by atoms with Crippen LogP contribution in [0.3, 0.4) is 0 Å². The molecule has 2 aromatic carbocycles. The van der Waals surface area contributed by atoms with E-state index in [0.29, 0.717) is 29.4 Å². The van der Waals surface area contributed by atoms with Gasteiger partial charge in [0, 0.05) is 28.5 Å². The third kappa shape index (κ3) is 5.49. The fourth-order valence-corrected chi connectivity index (χ4v) is 4.04. The number of fused-ring (bicyclic) bond motifs is 1. The Morgan fingerprint density at radius 1 is 1.32 bits per heavy atom. The molecule has 2 atom stereocenters. The summed E-state index contributed by atoms with van der Waals surface area (Å²) in [6.07, 6.45) is 1.48. The van der Waals surface area contributed by atoms with Crippen LogP contribution in [-0.4, -0.2) is 17.7 Å². The molecule has 2 aromatic rings. The SMILES string of the molecule is CCC[C@H](C)NC(=O)CSCc1cc(F)cc2c1O[C@H](c1ccccc1)OC2. The summed E-state index contributed by atoms with van der Waals surface area (Å²) < 4.78 is 25.8. The van der Waals surface area contributed by atoms with E-state index in [1.807, 2.05) is 37.3 Å². The van der Waals surface area contributed by atoms with E-state index in [2.05, 4.69) is 12.2 Å². The molecule has 0 spiro atoms. The fraction of sp³-hybridized carbons (Fsp3) is 0.409. The molecule has 1 aliphatic heterocycles. The number of ether oxygens (including phenoxy) is 2. The van der Waals surface area contributed by atoms with Crippen LogP contribution < -0.4 is 10.1 Å². The van der Waals surface area contributed by atoms with Crippen LogP contribution in [0.5, 0.6) is 5.75 Å². The lowest BCUT2D eigenvalue weighted by Gasteiger charge is -2.28. The number of carbonyl (C=O) groups excluding carboxylic acids is 1. The van der Waals surface area contributed by atoms with Crippen molar-refractivity contribution in [3.05, 3.63) is 65.0 Å². The number of benzene rings is 2. The van der Waals surface area contributed by atoms with Crippen molar-refractivity contribution >= 4 is 17.7 Å². The van der Waals surface area contributed by atoms with Gasteiger partial charge in [-0.25, -0.2) is 4.39 Å². The minimum atomic E-state index is -0.513. The normalized spacial score (nSPS) is 16.8. The molecular formula is C22H26FNO3S. The lowest BCUT2D eigenvalue weighted by molar-refractivity contribution is -0.119. The van der Waals surface area contributed by atoms with Crippen LogP contribution in [-0.2, 0) is 21.9 Å². The minimum Gasteiger partial charge on any atom is -0.460 e. The lowest BCUT2D eigenvalue weighted by atomic mass is 10.1. The zero-order valence-electron chi connectivity index (χ0n) is 16.2. The number of thioether (sulfide) groups is 1. The second-order valence-corrected chi connectivity index (χ2v) is 7.96. The molecule has 150 valence electrons. The first-order valence-corrected chi connectivity index (χ1v) is 10.7. The summed E-state index contributed by atoms with van der Waals surface area (Å²) in [7, 11) is 0. The second kappa shape index (κ2) is 9.94. The molecule has 0 radical (unpaired) electrons. The van der Waals surface area contributed by atoms with Gasteiger partial charge in [-0.05, 0) is 25.5 Å².